The zero-order valence-electron chi connectivity index (χ0n) is 13.3. The molecule has 23 heavy (non-hydrogen) atoms. The molecule has 0 heterocycles. The predicted octanol–water partition coefficient (Wildman–Crippen LogP) is 3.05. The van der Waals surface area contributed by atoms with Crippen LogP contribution in [-0.4, -0.2) is 26.0 Å². The Bertz CT molecular complexity index is 704. The molecule has 120 valence electrons. The van der Waals surface area contributed by atoms with Gasteiger partial charge in [-0.3, -0.25) is 9.59 Å². The first-order valence-corrected chi connectivity index (χ1v) is 7.06. The summed E-state index contributed by atoms with van der Waals surface area (Å²) in [5.41, 5.74) is 1.33. The van der Waals surface area contributed by atoms with Gasteiger partial charge in [-0.25, -0.2) is 0 Å². The highest BCUT2D eigenvalue weighted by Gasteiger charge is 2.10. The number of hydrogen-bond donors (Lipinski definition) is 0. The minimum Gasteiger partial charge on any atom is -0.493 e. The van der Waals surface area contributed by atoms with Crippen LogP contribution in [0.3, 0.4) is 0 Å². The van der Waals surface area contributed by atoms with Crippen LogP contribution < -0.4 is 14.2 Å². The Morgan fingerprint density at radius 3 is 2.13 bits per heavy atom. The van der Waals surface area contributed by atoms with E-state index in [-0.39, 0.29) is 12.2 Å². The van der Waals surface area contributed by atoms with Crippen LogP contribution in [0.4, 0.5) is 0 Å². The Labute approximate surface area is 134 Å². The van der Waals surface area contributed by atoms with Crippen molar-refractivity contribution in [3.05, 3.63) is 53.6 Å². The SMILES string of the molecule is COc1ccc(CC(=O)Oc2ccc(C(C)=O)cc2)cc1OC. The highest BCUT2D eigenvalue weighted by Crippen LogP contribution is 2.27. The molecule has 5 heteroatoms. The van der Waals surface area contributed by atoms with Gasteiger partial charge in [-0.1, -0.05) is 6.07 Å². The van der Waals surface area contributed by atoms with Gasteiger partial charge >= 0.3 is 5.97 Å². The molecule has 0 saturated heterocycles. The monoisotopic (exact) mass is 314 g/mol. The summed E-state index contributed by atoms with van der Waals surface area (Å²) in [7, 11) is 3.09. The van der Waals surface area contributed by atoms with E-state index in [0.717, 1.165) is 5.56 Å². The molecule has 2 aromatic carbocycles. The second-order valence-corrected chi connectivity index (χ2v) is 4.92. The summed E-state index contributed by atoms with van der Waals surface area (Å²) in [6, 6.07) is 11.7. The molecule has 0 fully saturated rings. The maximum Gasteiger partial charge on any atom is 0.315 e. The molecule has 0 amide bonds. The number of esters is 1. The summed E-state index contributed by atoms with van der Waals surface area (Å²) in [5, 5.41) is 0. The van der Waals surface area contributed by atoms with Crippen molar-refractivity contribution >= 4 is 11.8 Å². The summed E-state index contributed by atoms with van der Waals surface area (Å²) in [6.45, 7) is 1.48. The second kappa shape index (κ2) is 7.45. The smallest absolute Gasteiger partial charge is 0.315 e. The van der Waals surface area contributed by atoms with Crippen LogP contribution >= 0.6 is 0 Å². The minimum atomic E-state index is -0.396. The lowest BCUT2D eigenvalue weighted by molar-refractivity contribution is -0.133. The number of hydrogen-bond acceptors (Lipinski definition) is 5. The van der Waals surface area contributed by atoms with E-state index in [4.69, 9.17) is 14.2 Å². The molecule has 5 nitrogen and oxygen atoms in total. The van der Waals surface area contributed by atoms with Gasteiger partial charge in [0.2, 0.25) is 0 Å². The molecule has 0 bridgehead atoms. The summed E-state index contributed by atoms with van der Waals surface area (Å²) in [5.74, 6) is 1.13. The number of benzene rings is 2. The molecular weight excluding hydrogens is 296 g/mol. The van der Waals surface area contributed by atoms with Crippen LogP contribution in [0.25, 0.3) is 0 Å². The number of carbonyl (C=O) groups excluding carboxylic acids is 2. The summed E-state index contributed by atoms with van der Waals surface area (Å²) >= 11 is 0. The molecule has 0 aromatic heterocycles. The van der Waals surface area contributed by atoms with Crippen molar-refractivity contribution in [2.75, 3.05) is 14.2 Å². The number of ether oxygens (including phenoxy) is 3. The van der Waals surface area contributed by atoms with Gasteiger partial charge < -0.3 is 14.2 Å². The third kappa shape index (κ3) is 4.32. The molecule has 0 radical (unpaired) electrons. The Morgan fingerprint density at radius 1 is 0.913 bits per heavy atom. The Balaban J connectivity index is 2.03. The first-order chi connectivity index (χ1) is 11.0. The van der Waals surface area contributed by atoms with Gasteiger partial charge in [0, 0.05) is 5.56 Å². The lowest BCUT2D eigenvalue weighted by atomic mass is 10.1. The molecule has 0 atom stereocenters. The van der Waals surface area contributed by atoms with Crippen molar-refractivity contribution in [2.45, 2.75) is 13.3 Å². The van der Waals surface area contributed by atoms with Gasteiger partial charge in [0.1, 0.15) is 5.75 Å². The van der Waals surface area contributed by atoms with Crippen molar-refractivity contribution in [1.82, 2.24) is 0 Å². The normalized spacial score (nSPS) is 10.0. The number of methoxy groups -OCH3 is 2. The Morgan fingerprint density at radius 2 is 1.57 bits per heavy atom. The lowest BCUT2D eigenvalue weighted by Gasteiger charge is -2.09. The quantitative estimate of drug-likeness (QED) is 0.466. The van der Waals surface area contributed by atoms with Gasteiger partial charge in [-0.2, -0.15) is 0 Å². The fourth-order valence-corrected chi connectivity index (χ4v) is 2.08. The molecule has 2 rings (SSSR count). The van der Waals surface area contributed by atoms with E-state index < -0.39 is 5.97 Å². The molecule has 2 aromatic rings. The van der Waals surface area contributed by atoms with Gasteiger partial charge in [-0.05, 0) is 48.9 Å². The molecule has 0 N–H and O–H groups in total. The zero-order valence-corrected chi connectivity index (χ0v) is 13.3. The summed E-state index contributed by atoms with van der Waals surface area (Å²) in [6.07, 6.45) is 0.106. The number of rotatable bonds is 6. The standard InChI is InChI=1S/C18H18O5/c1-12(19)14-5-7-15(8-6-14)23-18(20)11-13-4-9-16(21-2)17(10-13)22-3/h4-10H,11H2,1-3H3. The fourth-order valence-electron chi connectivity index (χ4n) is 2.08. The highest BCUT2D eigenvalue weighted by molar-refractivity contribution is 5.94. The Hall–Kier alpha value is -2.82. The molecule has 0 aliphatic rings. The van der Waals surface area contributed by atoms with Crippen LogP contribution in [0.2, 0.25) is 0 Å². The first kappa shape index (κ1) is 16.5. The van der Waals surface area contributed by atoms with Gasteiger partial charge in [0.15, 0.2) is 17.3 Å². The van der Waals surface area contributed by atoms with E-state index in [2.05, 4.69) is 0 Å². The maximum atomic E-state index is 12.0. The maximum absolute atomic E-state index is 12.0. The van der Waals surface area contributed by atoms with E-state index in [1.165, 1.54) is 14.0 Å². The highest BCUT2D eigenvalue weighted by atomic mass is 16.5. The van der Waals surface area contributed by atoms with Crippen LogP contribution in [-0.2, 0) is 11.2 Å². The third-order valence-electron chi connectivity index (χ3n) is 3.29. The number of ketones is 1. The number of carbonyl (C=O) groups is 2. The van der Waals surface area contributed by atoms with Crippen molar-refractivity contribution in [3.8, 4) is 17.2 Å². The third-order valence-corrected chi connectivity index (χ3v) is 3.29. The lowest BCUT2D eigenvalue weighted by Crippen LogP contribution is -2.11. The van der Waals surface area contributed by atoms with Gasteiger partial charge in [0.05, 0.1) is 20.6 Å². The first-order valence-electron chi connectivity index (χ1n) is 7.06. The zero-order chi connectivity index (χ0) is 16.8. The second-order valence-electron chi connectivity index (χ2n) is 4.92. The Kier molecular flexibility index (Phi) is 5.36. The summed E-state index contributed by atoms with van der Waals surface area (Å²) < 4.78 is 15.6. The van der Waals surface area contributed by atoms with E-state index in [9.17, 15) is 9.59 Å². The van der Waals surface area contributed by atoms with Crippen molar-refractivity contribution in [2.24, 2.45) is 0 Å². The molecular formula is C18H18O5. The topological polar surface area (TPSA) is 61.8 Å². The van der Waals surface area contributed by atoms with Crippen LogP contribution in [0.1, 0.15) is 22.8 Å². The molecule has 0 spiro atoms. The average Bonchev–Trinajstić information content (AvgIpc) is 2.55. The largest absolute Gasteiger partial charge is 0.493 e. The van der Waals surface area contributed by atoms with E-state index >= 15 is 0 Å². The summed E-state index contributed by atoms with van der Waals surface area (Å²) in [4.78, 5) is 23.2. The van der Waals surface area contributed by atoms with Crippen LogP contribution in [0.15, 0.2) is 42.5 Å². The van der Waals surface area contributed by atoms with E-state index in [0.29, 0.717) is 22.8 Å². The molecule has 0 aliphatic heterocycles. The van der Waals surface area contributed by atoms with Crippen molar-refractivity contribution in [3.63, 3.8) is 0 Å². The fraction of sp³-hybridized carbons (Fsp3) is 0.222. The van der Waals surface area contributed by atoms with E-state index in [1.807, 2.05) is 0 Å². The average molecular weight is 314 g/mol. The molecule has 0 aliphatic carbocycles. The van der Waals surface area contributed by atoms with E-state index in [1.54, 1.807) is 49.6 Å². The minimum absolute atomic E-state index is 0.0341. The predicted molar refractivity (Wildman–Crippen MR) is 85.3 cm³/mol. The van der Waals surface area contributed by atoms with Gasteiger partial charge in [-0.15, -0.1) is 0 Å². The van der Waals surface area contributed by atoms with Crippen molar-refractivity contribution in [1.29, 1.82) is 0 Å². The van der Waals surface area contributed by atoms with Crippen LogP contribution in [0, 0.1) is 0 Å². The van der Waals surface area contributed by atoms with Crippen LogP contribution in [0.5, 0.6) is 17.2 Å². The molecule has 0 unspecified atom stereocenters. The molecule has 0 saturated carbocycles. The number of Topliss-reactive ketones (excluding diaryl/α,β-unsaturated/α-hetero) is 1. The van der Waals surface area contributed by atoms with Gasteiger partial charge in [0.25, 0.3) is 0 Å². The van der Waals surface area contributed by atoms with Crippen molar-refractivity contribution < 1.29 is 23.8 Å².